The largest absolute Gasteiger partial charge is 0.478 e. The molecular weight excluding hydrogens is 369 g/mol. The van der Waals surface area contributed by atoms with E-state index < -0.39 is 27.2 Å². The van der Waals surface area contributed by atoms with Crippen molar-refractivity contribution >= 4 is 33.0 Å². The number of rotatable bonds is 5. The first-order valence-electron chi connectivity index (χ1n) is 7.25. The zero-order valence-electron chi connectivity index (χ0n) is 13.8. The number of hydrogen-bond donors (Lipinski definition) is 1. The number of halogens is 2. The summed E-state index contributed by atoms with van der Waals surface area (Å²) in [5.74, 6) is -0.968. The molecule has 1 amide bonds. The monoisotopic (exact) mass is 385 g/mol. The van der Waals surface area contributed by atoms with E-state index >= 15 is 0 Å². The van der Waals surface area contributed by atoms with Crippen molar-refractivity contribution in [3.8, 4) is 5.75 Å². The first-order chi connectivity index (χ1) is 11.5. The van der Waals surface area contributed by atoms with Crippen molar-refractivity contribution in [3.05, 3.63) is 53.3 Å². The number of sulfone groups is 1. The Bertz CT molecular complexity index is 895. The van der Waals surface area contributed by atoms with Gasteiger partial charge in [-0.15, -0.1) is 0 Å². The Balaban J connectivity index is 2.21. The predicted octanol–water partition coefficient (Wildman–Crippen LogP) is 3.68. The number of carbonyl (C=O) groups is 1. The van der Waals surface area contributed by atoms with Gasteiger partial charge < -0.3 is 10.1 Å². The van der Waals surface area contributed by atoms with E-state index in [1.54, 1.807) is 24.3 Å². The molecule has 0 aliphatic rings. The van der Waals surface area contributed by atoms with Crippen LogP contribution in [-0.2, 0) is 14.6 Å². The van der Waals surface area contributed by atoms with Gasteiger partial charge in [-0.05, 0) is 56.3 Å². The minimum Gasteiger partial charge on any atom is -0.478 e. The Morgan fingerprint density at radius 1 is 1.16 bits per heavy atom. The van der Waals surface area contributed by atoms with Gasteiger partial charge in [-0.25, -0.2) is 12.8 Å². The molecule has 0 aliphatic carbocycles. The van der Waals surface area contributed by atoms with Crippen molar-refractivity contribution in [2.75, 3.05) is 11.6 Å². The first kappa shape index (κ1) is 19.2. The normalized spacial score (nSPS) is 11.9. The van der Waals surface area contributed by atoms with Gasteiger partial charge >= 0.3 is 0 Å². The van der Waals surface area contributed by atoms with Gasteiger partial charge in [0.2, 0.25) is 0 Å². The molecule has 5 nitrogen and oxygen atoms in total. The van der Waals surface area contributed by atoms with Crippen LogP contribution in [0.1, 0.15) is 13.8 Å². The number of hydrogen-bond acceptors (Lipinski definition) is 4. The van der Waals surface area contributed by atoms with E-state index in [9.17, 15) is 17.6 Å². The average Bonchev–Trinajstić information content (AvgIpc) is 2.50. The molecule has 0 aliphatic heterocycles. The highest BCUT2D eigenvalue weighted by molar-refractivity contribution is 7.90. The average molecular weight is 386 g/mol. The van der Waals surface area contributed by atoms with E-state index in [1.807, 2.05) is 0 Å². The summed E-state index contributed by atoms with van der Waals surface area (Å²) in [6.07, 6.45) is 0.999. The van der Waals surface area contributed by atoms with Crippen molar-refractivity contribution < 1.29 is 22.3 Å². The number of amides is 1. The molecule has 0 unspecified atom stereocenters. The third-order valence-corrected chi connectivity index (χ3v) is 4.71. The number of ether oxygens (including phenoxy) is 1. The number of carbonyl (C=O) groups excluding carboxylic acids is 1. The van der Waals surface area contributed by atoms with Crippen LogP contribution in [-0.4, -0.2) is 26.2 Å². The van der Waals surface area contributed by atoms with Crippen LogP contribution in [0.4, 0.5) is 10.1 Å². The van der Waals surface area contributed by atoms with Crippen LogP contribution < -0.4 is 10.1 Å². The Hall–Kier alpha value is -2.12. The number of anilines is 1. The Labute approximate surface area is 150 Å². The molecule has 8 heteroatoms. The maximum Gasteiger partial charge on any atom is 0.268 e. The summed E-state index contributed by atoms with van der Waals surface area (Å²) < 4.78 is 42.7. The summed E-state index contributed by atoms with van der Waals surface area (Å²) >= 11 is 5.80. The van der Waals surface area contributed by atoms with Crippen LogP contribution in [0.2, 0.25) is 5.02 Å². The molecule has 0 radical (unpaired) electrons. The maximum atomic E-state index is 13.9. The molecule has 2 rings (SSSR count). The van der Waals surface area contributed by atoms with Gasteiger partial charge in [-0.1, -0.05) is 11.6 Å². The molecule has 25 heavy (non-hydrogen) atoms. The predicted molar refractivity (Wildman–Crippen MR) is 94.3 cm³/mol. The van der Waals surface area contributed by atoms with Crippen LogP contribution >= 0.6 is 11.6 Å². The second-order valence-corrected chi connectivity index (χ2v) is 8.39. The van der Waals surface area contributed by atoms with Gasteiger partial charge in [-0.3, -0.25) is 4.79 Å². The minimum atomic E-state index is -3.53. The smallest absolute Gasteiger partial charge is 0.268 e. The lowest BCUT2D eigenvalue weighted by atomic mass is 10.1. The van der Waals surface area contributed by atoms with Crippen molar-refractivity contribution in [1.82, 2.24) is 0 Å². The maximum absolute atomic E-state index is 13.9. The molecule has 0 saturated heterocycles. The zero-order valence-corrected chi connectivity index (χ0v) is 15.4. The van der Waals surface area contributed by atoms with E-state index in [0.717, 1.165) is 24.5 Å². The molecule has 134 valence electrons. The van der Waals surface area contributed by atoms with Gasteiger partial charge in [0, 0.05) is 11.3 Å². The molecular formula is C17H17ClFNO4S. The Kier molecular flexibility index (Phi) is 5.39. The highest BCUT2D eigenvalue weighted by atomic mass is 35.5. The highest BCUT2D eigenvalue weighted by Gasteiger charge is 2.31. The number of nitrogens with one attached hydrogen (secondary N) is 1. The second-order valence-electron chi connectivity index (χ2n) is 5.93. The molecule has 0 bridgehead atoms. The Morgan fingerprint density at radius 3 is 2.32 bits per heavy atom. The lowest BCUT2D eigenvalue weighted by molar-refractivity contribution is -0.128. The van der Waals surface area contributed by atoms with Gasteiger partial charge in [0.1, 0.15) is 11.6 Å². The quantitative estimate of drug-likeness (QED) is 0.797. The van der Waals surface area contributed by atoms with Crippen LogP contribution in [0.25, 0.3) is 0 Å². The lowest BCUT2D eigenvalue weighted by Crippen LogP contribution is -2.42. The van der Waals surface area contributed by atoms with E-state index in [4.69, 9.17) is 16.3 Å². The van der Waals surface area contributed by atoms with Crippen LogP contribution in [0.5, 0.6) is 5.75 Å². The van der Waals surface area contributed by atoms with Crippen LogP contribution in [0, 0.1) is 5.82 Å². The molecule has 0 heterocycles. The molecule has 1 N–H and O–H groups in total. The minimum absolute atomic E-state index is 0.0966. The first-order valence-corrected chi connectivity index (χ1v) is 9.51. The molecule has 0 spiro atoms. The fourth-order valence-corrected chi connectivity index (χ4v) is 2.72. The summed E-state index contributed by atoms with van der Waals surface area (Å²) in [6.45, 7) is 3.02. The highest BCUT2D eigenvalue weighted by Crippen LogP contribution is 2.24. The summed E-state index contributed by atoms with van der Waals surface area (Å²) in [5.41, 5.74) is -1.57. The second kappa shape index (κ2) is 7.01. The third kappa shape index (κ3) is 4.93. The summed E-state index contributed by atoms with van der Waals surface area (Å²) in [7, 11) is -3.53. The van der Waals surface area contributed by atoms with E-state index in [0.29, 0.717) is 10.8 Å². The molecule has 2 aromatic carbocycles. The standard InChI is InChI=1S/C17H17ClFNO4S/c1-17(2,24-12-6-4-11(18)5-7-12)16(21)20-15-10-13(25(3,22)23)8-9-14(15)19/h4-10H,1-3H3,(H,20,21). The molecule has 2 aromatic rings. The topological polar surface area (TPSA) is 72.5 Å². The Morgan fingerprint density at radius 2 is 1.76 bits per heavy atom. The summed E-state index contributed by atoms with van der Waals surface area (Å²) in [5, 5.41) is 2.89. The molecule has 0 aromatic heterocycles. The van der Waals surface area contributed by atoms with Crippen LogP contribution in [0.3, 0.4) is 0 Å². The fourth-order valence-electron chi connectivity index (χ4n) is 1.95. The van der Waals surface area contributed by atoms with Crippen LogP contribution in [0.15, 0.2) is 47.4 Å². The third-order valence-electron chi connectivity index (χ3n) is 3.35. The van der Waals surface area contributed by atoms with Gasteiger partial charge in [0.25, 0.3) is 5.91 Å². The van der Waals surface area contributed by atoms with E-state index in [1.165, 1.54) is 13.8 Å². The van der Waals surface area contributed by atoms with Gasteiger partial charge in [-0.2, -0.15) is 0 Å². The SMILES string of the molecule is CC(C)(Oc1ccc(Cl)cc1)C(=O)Nc1cc(S(C)(=O)=O)ccc1F. The number of benzene rings is 2. The fraction of sp³-hybridized carbons (Fsp3) is 0.235. The molecule has 0 atom stereocenters. The summed E-state index contributed by atoms with van der Waals surface area (Å²) in [4.78, 5) is 12.3. The van der Waals surface area contributed by atoms with Gasteiger partial charge in [0.15, 0.2) is 15.4 Å². The van der Waals surface area contributed by atoms with E-state index in [2.05, 4.69) is 5.32 Å². The molecule has 0 saturated carbocycles. The van der Waals surface area contributed by atoms with Crippen molar-refractivity contribution in [1.29, 1.82) is 0 Å². The van der Waals surface area contributed by atoms with Crippen molar-refractivity contribution in [2.24, 2.45) is 0 Å². The van der Waals surface area contributed by atoms with E-state index in [-0.39, 0.29) is 10.6 Å². The van der Waals surface area contributed by atoms with Crippen molar-refractivity contribution in [2.45, 2.75) is 24.3 Å². The van der Waals surface area contributed by atoms with Crippen molar-refractivity contribution in [3.63, 3.8) is 0 Å². The van der Waals surface area contributed by atoms with Gasteiger partial charge in [0.05, 0.1) is 10.6 Å². The zero-order chi connectivity index (χ0) is 18.8. The summed E-state index contributed by atoms with van der Waals surface area (Å²) in [6, 6.07) is 9.61. The lowest BCUT2D eigenvalue weighted by Gasteiger charge is -2.25. The molecule has 0 fully saturated rings.